The van der Waals surface area contributed by atoms with Crippen LogP contribution in [-0.4, -0.2) is 12.5 Å². The first kappa shape index (κ1) is 33.0. The van der Waals surface area contributed by atoms with Crippen LogP contribution in [0.1, 0.15) is 100.0 Å². The van der Waals surface area contributed by atoms with Crippen molar-refractivity contribution in [3.05, 3.63) is 76.2 Å². The number of unbranched alkanes of at least 4 members (excludes halogenated alkanes) is 11. The van der Waals surface area contributed by atoms with Gasteiger partial charge in [0.1, 0.15) is 5.75 Å². The summed E-state index contributed by atoms with van der Waals surface area (Å²) in [6.45, 7) is 5.95. The van der Waals surface area contributed by atoms with Crippen molar-refractivity contribution in [1.82, 2.24) is 0 Å². The van der Waals surface area contributed by atoms with Crippen molar-refractivity contribution in [3.63, 3.8) is 0 Å². The predicted octanol–water partition coefficient (Wildman–Crippen LogP) is 5.66. The molecule has 1 N–H and O–H groups in total. The minimum Gasteiger partial charge on any atom is -1.00 e. The van der Waals surface area contributed by atoms with Gasteiger partial charge < -0.3 is 27.0 Å². The van der Waals surface area contributed by atoms with Crippen molar-refractivity contribution >= 4 is 22.9 Å². The van der Waals surface area contributed by atoms with E-state index in [1.165, 1.54) is 81.1 Å². The molecule has 0 aliphatic carbocycles. The van der Waals surface area contributed by atoms with Gasteiger partial charge in [0, 0.05) is 11.3 Å². The van der Waals surface area contributed by atoms with Gasteiger partial charge in [-0.25, -0.2) is 0 Å². The first-order valence-electron chi connectivity index (χ1n) is 14.7. The topological polar surface area (TPSA) is 42.2 Å². The van der Waals surface area contributed by atoms with Crippen LogP contribution in [-0.2, 0) is 17.8 Å². The van der Waals surface area contributed by atoms with Gasteiger partial charge in [0.2, 0.25) is 11.4 Å². The smallest absolute Gasteiger partial charge is 0.228 e. The zero-order valence-corrected chi connectivity index (χ0v) is 26.3. The van der Waals surface area contributed by atoms with E-state index in [4.69, 9.17) is 4.74 Å². The fourth-order valence-electron chi connectivity index (χ4n) is 4.71. The lowest BCUT2D eigenvalue weighted by Crippen LogP contribution is -3.00. The Morgan fingerprint density at radius 3 is 2.10 bits per heavy atom. The zero-order chi connectivity index (χ0) is 26.8. The summed E-state index contributed by atoms with van der Waals surface area (Å²) in [5, 5.41) is 3.04. The molecule has 0 aliphatic rings. The van der Waals surface area contributed by atoms with E-state index >= 15 is 0 Å². The SMILES string of the molecule is CCCCCCCCCCCCCCOc1ccc(CC(=O)Nc2cccc(C[n+]3csc(C)c3)c2)cc1.[Br-]. The minimum absolute atomic E-state index is 0. The van der Waals surface area contributed by atoms with E-state index in [9.17, 15) is 4.79 Å². The average molecular weight is 616 g/mol. The summed E-state index contributed by atoms with van der Waals surface area (Å²) in [5.74, 6) is 0.873. The summed E-state index contributed by atoms with van der Waals surface area (Å²) in [6, 6.07) is 16.0. The molecule has 0 fully saturated rings. The van der Waals surface area contributed by atoms with Gasteiger partial charge in [0.25, 0.3) is 0 Å². The highest BCUT2D eigenvalue weighted by Gasteiger charge is 2.09. The third-order valence-corrected chi connectivity index (χ3v) is 7.71. The lowest BCUT2D eigenvalue weighted by atomic mass is 10.1. The Bertz CT molecular complexity index is 1070. The minimum atomic E-state index is -0.00802. The number of thiazole rings is 1. The molecule has 4 nitrogen and oxygen atoms in total. The number of aromatic nitrogens is 1. The number of nitrogens with zero attached hydrogens (tertiary/aromatic N) is 1. The van der Waals surface area contributed by atoms with Gasteiger partial charge in [-0.2, -0.15) is 4.57 Å². The summed E-state index contributed by atoms with van der Waals surface area (Å²) in [7, 11) is 0. The molecule has 1 aromatic heterocycles. The Morgan fingerprint density at radius 2 is 1.49 bits per heavy atom. The standard InChI is InChI=1S/C33H46N2O2S.BrH/c1-3-4-5-6-7-8-9-10-11-12-13-14-22-37-32-20-18-29(19-21-32)24-33(36)34-31-17-15-16-30(23-31)26-35-25-28(2)38-27-35;/h15-21,23,25,27H,3-14,22,24,26H2,1-2H3;1H. The molecule has 0 saturated carbocycles. The van der Waals surface area contributed by atoms with E-state index < -0.39 is 0 Å². The van der Waals surface area contributed by atoms with Gasteiger partial charge >= 0.3 is 0 Å². The molecule has 2 aromatic carbocycles. The van der Waals surface area contributed by atoms with Crippen LogP contribution >= 0.6 is 11.3 Å². The fourth-order valence-corrected chi connectivity index (χ4v) is 5.35. The highest BCUT2D eigenvalue weighted by Crippen LogP contribution is 2.16. The van der Waals surface area contributed by atoms with Crippen LogP contribution in [0.4, 0.5) is 5.69 Å². The highest BCUT2D eigenvalue weighted by atomic mass is 79.9. The molecule has 0 saturated heterocycles. The molecule has 1 amide bonds. The molecular weight excluding hydrogens is 568 g/mol. The molecule has 214 valence electrons. The Hall–Kier alpha value is -2.18. The van der Waals surface area contributed by atoms with E-state index in [1.54, 1.807) is 11.3 Å². The maximum absolute atomic E-state index is 12.6. The van der Waals surface area contributed by atoms with Crippen LogP contribution in [0.25, 0.3) is 0 Å². The molecule has 0 bridgehead atoms. The number of ether oxygens (including phenoxy) is 1. The lowest BCUT2D eigenvalue weighted by molar-refractivity contribution is -0.683. The first-order chi connectivity index (χ1) is 18.6. The quantitative estimate of drug-likeness (QED) is 0.140. The van der Waals surface area contributed by atoms with Gasteiger partial charge in [-0.15, -0.1) is 0 Å². The van der Waals surface area contributed by atoms with Gasteiger partial charge in [-0.1, -0.05) is 113 Å². The molecule has 3 rings (SSSR count). The number of aryl methyl sites for hydroxylation is 1. The van der Waals surface area contributed by atoms with Crippen molar-refractivity contribution in [2.24, 2.45) is 0 Å². The molecule has 0 aliphatic heterocycles. The molecule has 0 radical (unpaired) electrons. The molecule has 0 atom stereocenters. The van der Waals surface area contributed by atoms with E-state index in [2.05, 4.69) is 41.5 Å². The Morgan fingerprint density at radius 1 is 0.846 bits per heavy atom. The Labute approximate surface area is 251 Å². The molecule has 0 unspecified atom stereocenters. The van der Waals surface area contributed by atoms with E-state index in [1.807, 2.05) is 42.5 Å². The van der Waals surface area contributed by atoms with E-state index in [0.717, 1.165) is 36.6 Å². The monoisotopic (exact) mass is 614 g/mol. The maximum atomic E-state index is 12.6. The molecule has 1 heterocycles. The van der Waals surface area contributed by atoms with Crippen molar-refractivity contribution < 1.29 is 31.1 Å². The summed E-state index contributed by atoms with van der Waals surface area (Å²) in [4.78, 5) is 13.9. The fraction of sp³-hybridized carbons (Fsp3) is 0.515. The number of rotatable bonds is 19. The van der Waals surface area contributed by atoms with Gasteiger partial charge in [0.05, 0.1) is 17.9 Å². The van der Waals surface area contributed by atoms with Crippen LogP contribution in [0, 0.1) is 6.92 Å². The second-order valence-electron chi connectivity index (χ2n) is 10.4. The second kappa shape index (κ2) is 19.8. The van der Waals surface area contributed by atoms with Crippen LogP contribution in [0.5, 0.6) is 5.75 Å². The number of anilines is 1. The average Bonchev–Trinajstić information content (AvgIpc) is 3.32. The van der Waals surface area contributed by atoms with Crippen molar-refractivity contribution in [1.29, 1.82) is 0 Å². The Balaban J connectivity index is 0.00000533. The van der Waals surface area contributed by atoms with Crippen molar-refractivity contribution in [2.75, 3.05) is 11.9 Å². The number of halogens is 1. The molecule has 6 heteroatoms. The molecular formula is C33H47BrN2O2S. The van der Waals surface area contributed by atoms with Gasteiger partial charge in [-0.3, -0.25) is 4.79 Å². The number of benzene rings is 2. The van der Waals surface area contributed by atoms with E-state index in [-0.39, 0.29) is 22.9 Å². The zero-order valence-electron chi connectivity index (χ0n) is 23.9. The summed E-state index contributed by atoms with van der Waals surface area (Å²) in [6.07, 6.45) is 18.7. The van der Waals surface area contributed by atoms with Crippen LogP contribution in [0.15, 0.2) is 60.2 Å². The second-order valence-corrected chi connectivity index (χ2v) is 11.5. The first-order valence-corrected chi connectivity index (χ1v) is 15.5. The predicted molar refractivity (Wildman–Crippen MR) is 160 cm³/mol. The largest absolute Gasteiger partial charge is 1.00 e. The van der Waals surface area contributed by atoms with Gasteiger partial charge in [0.15, 0.2) is 12.7 Å². The summed E-state index contributed by atoms with van der Waals surface area (Å²) in [5.41, 5.74) is 5.11. The summed E-state index contributed by atoms with van der Waals surface area (Å²) < 4.78 is 8.08. The number of nitrogens with one attached hydrogen (secondary N) is 1. The molecule has 3 aromatic rings. The van der Waals surface area contributed by atoms with Crippen molar-refractivity contribution in [3.8, 4) is 5.75 Å². The molecule has 0 spiro atoms. The van der Waals surface area contributed by atoms with Crippen LogP contribution < -0.4 is 31.6 Å². The third-order valence-electron chi connectivity index (χ3n) is 6.85. The lowest BCUT2D eigenvalue weighted by Gasteiger charge is -2.09. The summed E-state index contributed by atoms with van der Waals surface area (Å²) >= 11 is 1.74. The highest BCUT2D eigenvalue weighted by molar-refractivity contribution is 7.09. The van der Waals surface area contributed by atoms with Crippen molar-refractivity contribution in [2.45, 2.75) is 104 Å². The number of carbonyl (C=O) groups is 1. The number of hydrogen-bond donors (Lipinski definition) is 1. The number of carbonyl (C=O) groups excluding carboxylic acids is 1. The van der Waals surface area contributed by atoms with E-state index in [0.29, 0.717) is 6.42 Å². The Kier molecular flexibility index (Phi) is 16.8. The molecule has 39 heavy (non-hydrogen) atoms. The van der Waals surface area contributed by atoms with Crippen LogP contribution in [0.2, 0.25) is 0 Å². The normalized spacial score (nSPS) is 10.7. The maximum Gasteiger partial charge on any atom is 0.228 e. The third kappa shape index (κ3) is 14.1. The number of amides is 1. The van der Waals surface area contributed by atoms with Crippen LogP contribution in [0.3, 0.4) is 0 Å². The van der Waals surface area contributed by atoms with Gasteiger partial charge in [-0.05, 0) is 43.2 Å². The number of hydrogen-bond acceptors (Lipinski definition) is 3.